The second-order valence-electron chi connectivity index (χ2n) is 8.75. The Balaban J connectivity index is 2.02. The average molecular weight is 337 g/mol. The summed E-state index contributed by atoms with van der Waals surface area (Å²) in [5.74, 6) is 0.794. The molecule has 0 N–H and O–H groups in total. The largest absolute Gasteiger partial charge is 0.524 e. The van der Waals surface area contributed by atoms with Gasteiger partial charge in [0.15, 0.2) is 0 Å². The van der Waals surface area contributed by atoms with Gasteiger partial charge < -0.3 is 13.8 Å². The van der Waals surface area contributed by atoms with Crippen LogP contribution in [-0.4, -0.2) is 23.5 Å². The first-order valence-electron chi connectivity index (χ1n) is 8.51. The number of halogens is 1. The van der Waals surface area contributed by atoms with Crippen LogP contribution in [0.25, 0.3) is 0 Å². The van der Waals surface area contributed by atoms with E-state index in [4.69, 9.17) is 13.8 Å². The molecule has 2 heterocycles. The van der Waals surface area contributed by atoms with E-state index in [9.17, 15) is 4.39 Å². The normalized spacial score (nSPS) is 22.0. The fraction of sp³-hybridized carbons (Fsp3) is 0.722. The molecule has 4 nitrogen and oxygen atoms in total. The average Bonchev–Trinajstić information content (AvgIpc) is 2.92. The molecule has 6 heteroatoms. The maximum Gasteiger partial charge on any atom is 0.524 e. The molecule has 1 aromatic heterocycles. The van der Waals surface area contributed by atoms with Gasteiger partial charge in [0.05, 0.1) is 16.9 Å². The second kappa shape index (κ2) is 6.30. The third-order valence-corrected chi connectivity index (χ3v) is 4.75. The molecule has 1 aromatic rings. The Morgan fingerprint density at radius 1 is 1.25 bits per heavy atom. The molecular formula is C18H29BFNO3. The minimum Gasteiger partial charge on any atom is -0.398 e. The predicted molar refractivity (Wildman–Crippen MR) is 93.3 cm³/mol. The number of hydrogen-bond acceptors (Lipinski definition) is 4. The van der Waals surface area contributed by atoms with Crippen molar-refractivity contribution in [1.29, 1.82) is 0 Å². The SMILES string of the molecule is CC(C=C(F)B1OC(C)(C)C(C)(C)O1)Cc1cc(C(C)(C)C)on1. The number of hydrogen-bond donors (Lipinski definition) is 0. The molecule has 2 rings (SSSR count). The van der Waals surface area contributed by atoms with Crippen LogP contribution in [0.4, 0.5) is 4.39 Å². The summed E-state index contributed by atoms with van der Waals surface area (Å²) < 4.78 is 31.3. The fourth-order valence-electron chi connectivity index (χ4n) is 2.46. The maximum absolute atomic E-state index is 14.5. The summed E-state index contributed by atoms with van der Waals surface area (Å²) in [4.78, 5) is 0. The molecule has 0 saturated carbocycles. The Hall–Kier alpha value is -1.14. The number of aromatic nitrogens is 1. The fourth-order valence-corrected chi connectivity index (χ4v) is 2.46. The summed E-state index contributed by atoms with van der Waals surface area (Å²) in [6, 6.07) is 1.94. The van der Waals surface area contributed by atoms with Gasteiger partial charge in [-0.1, -0.05) is 38.9 Å². The van der Waals surface area contributed by atoms with E-state index in [2.05, 4.69) is 25.9 Å². The Morgan fingerprint density at radius 2 is 1.79 bits per heavy atom. The lowest BCUT2D eigenvalue weighted by Gasteiger charge is -2.32. The molecule has 1 aliphatic heterocycles. The van der Waals surface area contributed by atoms with Crippen LogP contribution >= 0.6 is 0 Å². The van der Waals surface area contributed by atoms with Crippen LogP contribution in [0.3, 0.4) is 0 Å². The summed E-state index contributed by atoms with van der Waals surface area (Å²) in [5, 5.41) is 4.08. The zero-order valence-corrected chi connectivity index (χ0v) is 16.1. The molecule has 1 atom stereocenters. The first-order valence-corrected chi connectivity index (χ1v) is 8.51. The monoisotopic (exact) mass is 337 g/mol. The summed E-state index contributed by atoms with van der Waals surface area (Å²) in [6.45, 7) is 15.8. The van der Waals surface area contributed by atoms with Crippen molar-refractivity contribution in [1.82, 2.24) is 5.16 Å². The van der Waals surface area contributed by atoms with Crippen LogP contribution in [0.1, 0.15) is 66.8 Å². The van der Waals surface area contributed by atoms with E-state index in [-0.39, 0.29) is 17.1 Å². The van der Waals surface area contributed by atoms with Crippen molar-refractivity contribution in [3.8, 4) is 0 Å². The zero-order chi connectivity index (χ0) is 18.3. The number of allylic oxidation sites excluding steroid dienone is 1. The van der Waals surface area contributed by atoms with Crippen molar-refractivity contribution in [3.63, 3.8) is 0 Å². The summed E-state index contributed by atoms with van der Waals surface area (Å²) in [7, 11) is -0.945. The molecule has 0 aromatic carbocycles. The molecule has 134 valence electrons. The van der Waals surface area contributed by atoms with Crippen LogP contribution in [0.5, 0.6) is 0 Å². The Bertz CT molecular complexity index is 600. The van der Waals surface area contributed by atoms with Gasteiger partial charge in [-0.25, -0.2) is 4.39 Å². The molecule has 1 fully saturated rings. The van der Waals surface area contributed by atoms with Crippen LogP contribution in [0.2, 0.25) is 0 Å². The quantitative estimate of drug-likeness (QED) is 0.751. The van der Waals surface area contributed by atoms with Gasteiger partial charge in [0.25, 0.3) is 0 Å². The molecule has 0 radical (unpaired) electrons. The van der Waals surface area contributed by atoms with Gasteiger partial charge in [0, 0.05) is 11.5 Å². The van der Waals surface area contributed by atoms with Crippen molar-refractivity contribution in [2.24, 2.45) is 5.92 Å². The van der Waals surface area contributed by atoms with E-state index in [1.165, 1.54) is 0 Å². The highest BCUT2D eigenvalue weighted by Crippen LogP contribution is 2.39. The first-order chi connectivity index (χ1) is 10.8. The topological polar surface area (TPSA) is 44.5 Å². The Kier molecular flexibility index (Phi) is 5.04. The zero-order valence-electron chi connectivity index (χ0n) is 16.1. The molecule has 0 aliphatic carbocycles. The first kappa shape index (κ1) is 19.2. The molecule has 1 saturated heterocycles. The highest BCUT2D eigenvalue weighted by atomic mass is 19.1. The second-order valence-corrected chi connectivity index (χ2v) is 8.75. The van der Waals surface area contributed by atoms with E-state index < -0.39 is 18.3 Å². The minimum atomic E-state index is -0.945. The van der Waals surface area contributed by atoms with Crippen molar-refractivity contribution in [3.05, 3.63) is 29.3 Å². The van der Waals surface area contributed by atoms with E-state index >= 15 is 0 Å². The predicted octanol–water partition coefficient (Wildman–Crippen LogP) is 4.64. The number of rotatable bonds is 4. The van der Waals surface area contributed by atoms with E-state index in [0.29, 0.717) is 6.42 Å². The summed E-state index contributed by atoms with van der Waals surface area (Å²) >= 11 is 0. The number of nitrogens with zero attached hydrogens (tertiary/aromatic N) is 1. The molecule has 1 aliphatic rings. The summed E-state index contributed by atoms with van der Waals surface area (Å²) in [6.07, 6.45) is 2.15. The van der Waals surface area contributed by atoms with Gasteiger partial charge in [0.2, 0.25) is 0 Å². The van der Waals surface area contributed by atoms with Crippen LogP contribution in [-0.2, 0) is 21.1 Å². The van der Waals surface area contributed by atoms with Crippen LogP contribution in [0, 0.1) is 5.92 Å². The molecule has 0 spiro atoms. The van der Waals surface area contributed by atoms with Gasteiger partial charge in [-0.05, 0) is 40.0 Å². The van der Waals surface area contributed by atoms with Gasteiger partial charge in [-0.2, -0.15) is 0 Å². The molecule has 1 unspecified atom stereocenters. The molecule has 0 bridgehead atoms. The van der Waals surface area contributed by atoms with Gasteiger partial charge in [0.1, 0.15) is 11.5 Å². The van der Waals surface area contributed by atoms with Gasteiger partial charge in [-0.15, -0.1) is 0 Å². The van der Waals surface area contributed by atoms with E-state index in [0.717, 1.165) is 11.5 Å². The van der Waals surface area contributed by atoms with E-state index in [1.54, 1.807) is 6.08 Å². The third kappa shape index (κ3) is 4.09. The van der Waals surface area contributed by atoms with Crippen molar-refractivity contribution < 1.29 is 18.2 Å². The van der Waals surface area contributed by atoms with Crippen LogP contribution < -0.4 is 0 Å². The van der Waals surface area contributed by atoms with E-state index in [1.807, 2.05) is 40.7 Å². The lowest BCUT2D eigenvalue weighted by atomic mass is 9.85. The van der Waals surface area contributed by atoms with Crippen molar-refractivity contribution >= 4 is 7.12 Å². The smallest absolute Gasteiger partial charge is 0.398 e. The highest BCUT2D eigenvalue weighted by Gasteiger charge is 2.53. The van der Waals surface area contributed by atoms with Gasteiger partial charge >= 0.3 is 7.12 Å². The highest BCUT2D eigenvalue weighted by molar-refractivity contribution is 6.53. The maximum atomic E-state index is 14.5. The van der Waals surface area contributed by atoms with Crippen LogP contribution in [0.15, 0.2) is 22.4 Å². The Morgan fingerprint density at radius 3 is 2.25 bits per heavy atom. The third-order valence-electron chi connectivity index (χ3n) is 4.75. The lowest BCUT2D eigenvalue weighted by molar-refractivity contribution is 0.00578. The lowest BCUT2D eigenvalue weighted by Crippen LogP contribution is -2.41. The molecule has 0 amide bonds. The summed E-state index contributed by atoms with van der Waals surface area (Å²) in [5.41, 5.74) is -0.733. The molecule has 24 heavy (non-hydrogen) atoms. The Labute approximate surface area is 144 Å². The standard InChI is InChI=1S/C18H29BFNO3/c1-12(9-13-11-14(22-21-13)16(2,3)4)10-15(20)19-23-17(5,6)18(7,8)24-19/h10-12H,9H2,1-8H3. The van der Waals surface area contributed by atoms with Crippen molar-refractivity contribution in [2.45, 2.75) is 78.4 Å². The molecular weight excluding hydrogens is 308 g/mol. The van der Waals surface area contributed by atoms with Crippen molar-refractivity contribution in [2.75, 3.05) is 0 Å². The van der Waals surface area contributed by atoms with Gasteiger partial charge in [-0.3, -0.25) is 0 Å². The minimum absolute atomic E-state index is 0.0399.